The number of carbonyl (C=O) groups excluding carboxylic acids is 1. The van der Waals surface area contributed by atoms with Crippen molar-refractivity contribution in [2.75, 3.05) is 37.7 Å². The Labute approximate surface area is 118 Å². The lowest BCUT2D eigenvalue weighted by Gasteiger charge is -2.40. The van der Waals surface area contributed by atoms with E-state index in [1.165, 1.54) is 0 Å². The minimum absolute atomic E-state index is 0.104. The molecule has 2 saturated heterocycles. The molecule has 0 radical (unpaired) electrons. The zero-order chi connectivity index (χ0) is 13.9. The van der Waals surface area contributed by atoms with E-state index >= 15 is 0 Å². The van der Waals surface area contributed by atoms with Crippen molar-refractivity contribution in [2.45, 2.75) is 38.3 Å². The van der Waals surface area contributed by atoms with E-state index in [2.05, 4.69) is 15.5 Å². The van der Waals surface area contributed by atoms with Crippen LogP contribution in [0.2, 0.25) is 0 Å². The van der Waals surface area contributed by atoms with Crippen LogP contribution in [0.1, 0.15) is 26.7 Å². The van der Waals surface area contributed by atoms with Gasteiger partial charge in [-0.3, -0.25) is 13.9 Å². The van der Waals surface area contributed by atoms with E-state index in [0.717, 1.165) is 50.5 Å². The first-order chi connectivity index (χ1) is 9.00. The number of nitrogens with one attached hydrogen (secondary N) is 2. The van der Waals surface area contributed by atoms with Gasteiger partial charge in [0, 0.05) is 54.5 Å². The summed E-state index contributed by atoms with van der Waals surface area (Å²) >= 11 is 0. The van der Waals surface area contributed by atoms with E-state index in [4.69, 9.17) is 0 Å². The fourth-order valence-electron chi connectivity index (χ4n) is 2.67. The lowest BCUT2D eigenvalue weighted by Crippen LogP contribution is -2.61. The predicted octanol–water partition coefficient (Wildman–Crippen LogP) is -0.302. The molecule has 2 aliphatic heterocycles. The minimum Gasteiger partial charge on any atom is -0.352 e. The highest BCUT2D eigenvalue weighted by atomic mass is 32.2. The van der Waals surface area contributed by atoms with Gasteiger partial charge < -0.3 is 10.6 Å². The fraction of sp³-hybridized carbons (Fsp3) is 0.923. The van der Waals surface area contributed by atoms with Gasteiger partial charge in [-0.15, -0.1) is 0 Å². The summed E-state index contributed by atoms with van der Waals surface area (Å²) in [6.45, 7) is 7.70. The van der Waals surface area contributed by atoms with Gasteiger partial charge in [0.15, 0.2) is 0 Å². The molecule has 0 unspecified atom stereocenters. The number of hydrogen-bond donors (Lipinski definition) is 2. The Bertz CT molecular complexity index is 344. The molecule has 110 valence electrons. The smallest absolute Gasteiger partial charge is 0.240 e. The molecule has 0 aromatic heterocycles. The van der Waals surface area contributed by atoms with Crippen LogP contribution in [0, 0.1) is 0 Å². The van der Waals surface area contributed by atoms with Crippen molar-refractivity contribution < 1.29 is 9.00 Å². The molecule has 2 aliphatic rings. The third-order valence-corrected chi connectivity index (χ3v) is 5.57. The molecule has 1 amide bonds. The average Bonchev–Trinajstić information content (AvgIpc) is 2.42. The summed E-state index contributed by atoms with van der Waals surface area (Å²) in [5.74, 6) is 1.55. The second kappa shape index (κ2) is 6.33. The van der Waals surface area contributed by atoms with E-state index < -0.39 is 16.3 Å². The Morgan fingerprint density at radius 2 is 1.84 bits per heavy atom. The van der Waals surface area contributed by atoms with Crippen LogP contribution in [0.4, 0.5) is 0 Å². The van der Waals surface area contributed by atoms with Crippen LogP contribution in [0.3, 0.4) is 0 Å². The zero-order valence-corrected chi connectivity index (χ0v) is 12.7. The maximum atomic E-state index is 12.5. The third-order valence-electron chi connectivity index (χ3n) is 4.19. The summed E-state index contributed by atoms with van der Waals surface area (Å²) in [5.41, 5.74) is -0.460. The van der Waals surface area contributed by atoms with Gasteiger partial charge in [0.25, 0.3) is 0 Å². The van der Waals surface area contributed by atoms with Gasteiger partial charge in [-0.1, -0.05) is 0 Å². The summed E-state index contributed by atoms with van der Waals surface area (Å²) in [6.07, 6.45) is 1.69. The molecule has 0 aromatic carbocycles. The van der Waals surface area contributed by atoms with E-state index in [-0.39, 0.29) is 11.9 Å². The van der Waals surface area contributed by atoms with Crippen molar-refractivity contribution in [3.63, 3.8) is 0 Å². The summed E-state index contributed by atoms with van der Waals surface area (Å²) in [6, 6.07) is 0.201. The van der Waals surface area contributed by atoms with Gasteiger partial charge in [0.1, 0.15) is 0 Å². The van der Waals surface area contributed by atoms with E-state index in [0.29, 0.717) is 0 Å². The monoisotopic (exact) mass is 287 g/mol. The van der Waals surface area contributed by atoms with Crippen LogP contribution < -0.4 is 10.6 Å². The Morgan fingerprint density at radius 1 is 1.26 bits per heavy atom. The maximum Gasteiger partial charge on any atom is 0.240 e. The molecule has 2 fully saturated rings. The van der Waals surface area contributed by atoms with E-state index in [1.807, 2.05) is 13.8 Å². The first-order valence-electron chi connectivity index (χ1n) is 7.12. The molecule has 2 rings (SSSR count). The topological polar surface area (TPSA) is 61.4 Å². The summed E-state index contributed by atoms with van der Waals surface area (Å²) in [5, 5.41) is 6.45. The SMILES string of the molecule is CC(C)(C(=O)NC1CCS(=O)CC1)N1CCNCC1. The third kappa shape index (κ3) is 3.77. The Hall–Kier alpha value is -0.460. The first kappa shape index (κ1) is 14.9. The standard InChI is InChI=1S/C13H25N3O2S/c1-13(2,16-7-5-14-6-8-16)12(17)15-11-3-9-19(18)10-4-11/h11,14H,3-10H2,1-2H3,(H,15,17). The average molecular weight is 287 g/mol. The minimum atomic E-state index is -0.671. The molecule has 5 nitrogen and oxygen atoms in total. The largest absolute Gasteiger partial charge is 0.352 e. The highest BCUT2D eigenvalue weighted by Crippen LogP contribution is 2.17. The van der Waals surface area contributed by atoms with Gasteiger partial charge in [-0.2, -0.15) is 0 Å². The van der Waals surface area contributed by atoms with Crippen molar-refractivity contribution in [1.29, 1.82) is 0 Å². The molecule has 0 bridgehead atoms. The molecule has 2 heterocycles. The normalized spacial score (nSPS) is 30.0. The van der Waals surface area contributed by atoms with E-state index in [1.54, 1.807) is 0 Å². The first-order valence-corrected chi connectivity index (χ1v) is 8.60. The Balaban J connectivity index is 1.88. The van der Waals surface area contributed by atoms with Crippen molar-refractivity contribution in [2.24, 2.45) is 0 Å². The molecule has 2 N–H and O–H groups in total. The number of piperazine rings is 1. The molecular formula is C13H25N3O2S. The fourth-order valence-corrected chi connectivity index (χ4v) is 3.97. The zero-order valence-electron chi connectivity index (χ0n) is 11.9. The van der Waals surface area contributed by atoms with Crippen LogP contribution in [0.25, 0.3) is 0 Å². The highest BCUT2D eigenvalue weighted by Gasteiger charge is 2.36. The highest BCUT2D eigenvalue weighted by molar-refractivity contribution is 7.85. The maximum absolute atomic E-state index is 12.5. The van der Waals surface area contributed by atoms with Gasteiger partial charge in [0.05, 0.1) is 5.54 Å². The van der Waals surface area contributed by atoms with Gasteiger partial charge in [-0.25, -0.2) is 0 Å². The summed E-state index contributed by atoms with van der Waals surface area (Å²) in [4.78, 5) is 14.7. The van der Waals surface area contributed by atoms with Crippen molar-refractivity contribution in [1.82, 2.24) is 15.5 Å². The number of carbonyl (C=O) groups is 1. The Kier molecular flexibility index (Phi) is 4.97. The molecule has 0 spiro atoms. The second-order valence-electron chi connectivity index (χ2n) is 5.89. The number of rotatable bonds is 3. The molecule has 0 saturated carbocycles. The predicted molar refractivity (Wildman–Crippen MR) is 77.6 cm³/mol. The van der Waals surface area contributed by atoms with Gasteiger partial charge >= 0.3 is 0 Å². The number of hydrogen-bond acceptors (Lipinski definition) is 4. The van der Waals surface area contributed by atoms with Crippen molar-refractivity contribution in [3.05, 3.63) is 0 Å². The molecule has 19 heavy (non-hydrogen) atoms. The molecule has 0 aliphatic carbocycles. The van der Waals surface area contributed by atoms with Crippen LogP contribution >= 0.6 is 0 Å². The van der Waals surface area contributed by atoms with Crippen LogP contribution in [0.5, 0.6) is 0 Å². The van der Waals surface area contributed by atoms with Gasteiger partial charge in [0.2, 0.25) is 5.91 Å². The summed E-state index contributed by atoms with van der Waals surface area (Å²) < 4.78 is 11.3. The second-order valence-corrected chi connectivity index (χ2v) is 7.59. The number of amides is 1. The Morgan fingerprint density at radius 3 is 2.42 bits per heavy atom. The lowest BCUT2D eigenvalue weighted by molar-refractivity contribution is -0.132. The van der Waals surface area contributed by atoms with E-state index in [9.17, 15) is 9.00 Å². The van der Waals surface area contributed by atoms with Crippen molar-refractivity contribution >= 4 is 16.7 Å². The number of nitrogens with zero attached hydrogens (tertiary/aromatic N) is 1. The van der Waals surface area contributed by atoms with Crippen LogP contribution in [-0.2, 0) is 15.6 Å². The van der Waals surface area contributed by atoms with Crippen molar-refractivity contribution in [3.8, 4) is 0 Å². The molecule has 6 heteroatoms. The van der Waals surface area contributed by atoms with Crippen LogP contribution in [-0.4, -0.2) is 64.3 Å². The quantitative estimate of drug-likeness (QED) is 0.748. The molecule has 0 atom stereocenters. The van der Waals surface area contributed by atoms with Crippen LogP contribution in [0.15, 0.2) is 0 Å². The molecular weight excluding hydrogens is 262 g/mol. The summed E-state index contributed by atoms with van der Waals surface area (Å²) in [7, 11) is -0.671. The lowest BCUT2D eigenvalue weighted by atomic mass is 9.99. The van der Waals surface area contributed by atoms with Gasteiger partial charge in [-0.05, 0) is 26.7 Å². The molecule has 0 aromatic rings.